The Labute approximate surface area is 243 Å². The Balaban J connectivity index is 1.48. The van der Waals surface area contributed by atoms with E-state index in [2.05, 4.69) is 15.5 Å². The largest absolute Gasteiger partial charge is 0.352 e. The molecule has 4 rings (SSSR count). The van der Waals surface area contributed by atoms with Gasteiger partial charge in [-0.1, -0.05) is 78.9 Å². The molecule has 0 aliphatic carbocycles. The van der Waals surface area contributed by atoms with Gasteiger partial charge in [0.25, 0.3) is 0 Å². The van der Waals surface area contributed by atoms with Crippen molar-refractivity contribution in [2.75, 3.05) is 39.0 Å². The number of hydrogen-bond acceptors (Lipinski definition) is 5. The van der Waals surface area contributed by atoms with Crippen LogP contribution in [0.5, 0.6) is 0 Å². The molecular weight excluding hydrogens is 536 g/mol. The number of sulfone groups is 1. The molecule has 41 heavy (non-hydrogen) atoms. The standard InChI is InChI=1S/C32H40N4O4S/c1-35-20-22-36(23-21-35)32(38)34-30(25-27-13-7-3-8-14-27)31(37)33-28(18-17-26-11-5-2-6-12-26)19-24-41(39,40)29-15-9-4-10-16-29/h2-16,28,30H,17-25H2,1H3,(H,33,37)(H,34,38)/t28-,30-/m0/s1. The number of nitrogens with zero attached hydrogens (tertiary/aromatic N) is 2. The Morgan fingerprint density at radius 2 is 1.32 bits per heavy atom. The van der Waals surface area contributed by atoms with Gasteiger partial charge in [-0.3, -0.25) is 4.79 Å². The number of rotatable bonds is 12. The van der Waals surface area contributed by atoms with Crippen LogP contribution in [0, 0.1) is 0 Å². The maximum Gasteiger partial charge on any atom is 0.318 e. The third-order valence-corrected chi connectivity index (χ3v) is 9.26. The van der Waals surface area contributed by atoms with E-state index < -0.39 is 15.9 Å². The Kier molecular flexibility index (Phi) is 10.9. The number of piperazine rings is 1. The van der Waals surface area contributed by atoms with E-state index in [-0.39, 0.29) is 35.0 Å². The fourth-order valence-corrected chi connectivity index (χ4v) is 6.33. The molecule has 3 aromatic rings. The van der Waals surface area contributed by atoms with Crippen molar-refractivity contribution in [3.05, 3.63) is 102 Å². The predicted molar refractivity (Wildman–Crippen MR) is 161 cm³/mol. The molecule has 9 heteroatoms. The van der Waals surface area contributed by atoms with Crippen LogP contribution in [0.4, 0.5) is 4.79 Å². The fraction of sp³-hybridized carbons (Fsp3) is 0.375. The van der Waals surface area contributed by atoms with Gasteiger partial charge < -0.3 is 20.4 Å². The molecule has 0 saturated carbocycles. The molecular formula is C32H40N4O4S. The highest BCUT2D eigenvalue weighted by molar-refractivity contribution is 7.91. The third-order valence-electron chi connectivity index (χ3n) is 7.50. The number of hydrogen-bond donors (Lipinski definition) is 2. The lowest BCUT2D eigenvalue weighted by molar-refractivity contribution is -0.123. The van der Waals surface area contributed by atoms with Crippen LogP contribution in [0.1, 0.15) is 24.0 Å². The Bertz CT molecular complexity index is 1350. The van der Waals surface area contributed by atoms with Gasteiger partial charge in [0.2, 0.25) is 5.91 Å². The topological polar surface area (TPSA) is 98.8 Å². The van der Waals surface area contributed by atoms with Crippen LogP contribution in [0.15, 0.2) is 95.9 Å². The zero-order valence-electron chi connectivity index (χ0n) is 23.6. The summed E-state index contributed by atoms with van der Waals surface area (Å²) in [5.74, 6) is -0.403. The van der Waals surface area contributed by atoms with Gasteiger partial charge in [0.1, 0.15) is 6.04 Å². The monoisotopic (exact) mass is 576 g/mol. The van der Waals surface area contributed by atoms with Crippen molar-refractivity contribution in [2.24, 2.45) is 0 Å². The molecule has 8 nitrogen and oxygen atoms in total. The van der Waals surface area contributed by atoms with Gasteiger partial charge >= 0.3 is 6.03 Å². The zero-order chi connectivity index (χ0) is 29.1. The Morgan fingerprint density at radius 3 is 1.93 bits per heavy atom. The molecule has 2 atom stereocenters. The number of aryl methyl sites for hydroxylation is 1. The van der Waals surface area contributed by atoms with Gasteiger partial charge in [-0.05, 0) is 49.6 Å². The second-order valence-electron chi connectivity index (χ2n) is 10.6. The number of carbonyl (C=O) groups is 2. The first-order valence-electron chi connectivity index (χ1n) is 14.2. The molecule has 1 fully saturated rings. The highest BCUT2D eigenvalue weighted by Gasteiger charge is 2.28. The second kappa shape index (κ2) is 14.8. The number of nitrogens with one attached hydrogen (secondary N) is 2. The lowest BCUT2D eigenvalue weighted by Gasteiger charge is -2.33. The van der Waals surface area contributed by atoms with Crippen LogP contribution in [0.3, 0.4) is 0 Å². The molecule has 1 saturated heterocycles. The summed E-state index contributed by atoms with van der Waals surface area (Å²) < 4.78 is 26.1. The number of urea groups is 1. The minimum absolute atomic E-state index is 0.0895. The minimum Gasteiger partial charge on any atom is -0.352 e. The summed E-state index contributed by atoms with van der Waals surface area (Å²) in [6.45, 7) is 2.75. The fourth-order valence-electron chi connectivity index (χ4n) is 4.93. The number of amides is 3. The summed E-state index contributed by atoms with van der Waals surface area (Å²) in [4.78, 5) is 31.1. The van der Waals surface area contributed by atoms with Crippen molar-refractivity contribution >= 4 is 21.8 Å². The van der Waals surface area contributed by atoms with Crippen molar-refractivity contribution in [2.45, 2.75) is 42.7 Å². The van der Waals surface area contributed by atoms with Crippen molar-refractivity contribution in [3.63, 3.8) is 0 Å². The summed E-state index contributed by atoms with van der Waals surface area (Å²) in [7, 11) is -1.49. The van der Waals surface area contributed by atoms with E-state index in [0.717, 1.165) is 24.2 Å². The zero-order valence-corrected chi connectivity index (χ0v) is 24.4. The lowest BCUT2D eigenvalue weighted by Crippen LogP contribution is -2.57. The summed E-state index contributed by atoms with van der Waals surface area (Å²) in [5.41, 5.74) is 2.04. The van der Waals surface area contributed by atoms with Crippen LogP contribution >= 0.6 is 0 Å². The molecule has 3 amide bonds. The van der Waals surface area contributed by atoms with E-state index in [1.165, 1.54) is 0 Å². The Hall–Kier alpha value is -3.69. The average molecular weight is 577 g/mol. The maximum absolute atomic E-state index is 13.7. The van der Waals surface area contributed by atoms with Crippen LogP contribution in [-0.4, -0.2) is 81.2 Å². The summed E-state index contributed by atoms with van der Waals surface area (Å²) in [6, 6.07) is 26.4. The Morgan fingerprint density at radius 1 is 0.756 bits per heavy atom. The summed E-state index contributed by atoms with van der Waals surface area (Å²) >= 11 is 0. The van der Waals surface area contributed by atoms with Gasteiger partial charge in [0.15, 0.2) is 9.84 Å². The maximum atomic E-state index is 13.7. The summed E-state index contributed by atoms with van der Waals surface area (Å²) in [5, 5.41) is 6.07. The van der Waals surface area contributed by atoms with Gasteiger partial charge in [0, 0.05) is 38.6 Å². The van der Waals surface area contributed by atoms with Gasteiger partial charge in [-0.15, -0.1) is 0 Å². The quantitative estimate of drug-likeness (QED) is 0.344. The van der Waals surface area contributed by atoms with Gasteiger partial charge in [-0.25, -0.2) is 13.2 Å². The first-order chi connectivity index (χ1) is 19.8. The molecule has 0 aromatic heterocycles. The van der Waals surface area contributed by atoms with Crippen molar-refractivity contribution in [3.8, 4) is 0 Å². The highest BCUT2D eigenvalue weighted by Crippen LogP contribution is 2.15. The van der Waals surface area contributed by atoms with E-state index in [4.69, 9.17) is 0 Å². The highest BCUT2D eigenvalue weighted by atomic mass is 32.2. The molecule has 1 aliphatic rings. The molecule has 0 spiro atoms. The van der Waals surface area contributed by atoms with E-state index in [1.54, 1.807) is 35.2 Å². The third kappa shape index (κ3) is 9.43. The SMILES string of the molecule is CN1CCN(C(=O)N[C@@H](Cc2ccccc2)C(=O)N[C@@H](CCc2ccccc2)CCS(=O)(=O)c2ccccc2)CC1. The van der Waals surface area contributed by atoms with E-state index >= 15 is 0 Å². The lowest BCUT2D eigenvalue weighted by atomic mass is 10.0. The number of carbonyl (C=O) groups excluding carboxylic acids is 2. The van der Waals surface area contributed by atoms with Crippen LogP contribution < -0.4 is 10.6 Å². The first kappa shape index (κ1) is 30.3. The summed E-state index contributed by atoms with van der Waals surface area (Å²) in [6.07, 6.45) is 1.86. The van der Waals surface area contributed by atoms with Gasteiger partial charge in [0.05, 0.1) is 10.6 Å². The van der Waals surface area contributed by atoms with Crippen LogP contribution in [0.25, 0.3) is 0 Å². The number of benzene rings is 3. The molecule has 0 radical (unpaired) electrons. The molecule has 3 aromatic carbocycles. The second-order valence-corrected chi connectivity index (χ2v) is 12.7. The van der Waals surface area contributed by atoms with Crippen LogP contribution in [-0.2, 0) is 27.5 Å². The van der Waals surface area contributed by atoms with Crippen molar-refractivity contribution in [1.29, 1.82) is 0 Å². The average Bonchev–Trinajstić information content (AvgIpc) is 3.00. The minimum atomic E-state index is -3.51. The van der Waals surface area contributed by atoms with Gasteiger partial charge in [-0.2, -0.15) is 0 Å². The van der Waals surface area contributed by atoms with Crippen molar-refractivity contribution in [1.82, 2.24) is 20.4 Å². The van der Waals surface area contributed by atoms with E-state index in [0.29, 0.717) is 32.4 Å². The normalized spacial score (nSPS) is 15.6. The molecule has 1 heterocycles. The van der Waals surface area contributed by atoms with Crippen molar-refractivity contribution < 1.29 is 18.0 Å². The van der Waals surface area contributed by atoms with E-state index in [9.17, 15) is 18.0 Å². The molecule has 2 N–H and O–H groups in total. The molecule has 0 bridgehead atoms. The molecule has 218 valence electrons. The number of likely N-dealkylation sites (N-methyl/N-ethyl adjacent to an activating group) is 1. The predicted octanol–water partition coefficient (Wildman–Crippen LogP) is 3.54. The molecule has 1 aliphatic heterocycles. The van der Waals surface area contributed by atoms with E-state index in [1.807, 2.05) is 67.7 Å². The molecule has 0 unspecified atom stereocenters. The first-order valence-corrected chi connectivity index (χ1v) is 15.9. The smallest absolute Gasteiger partial charge is 0.318 e. The van der Waals surface area contributed by atoms with Crippen LogP contribution in [0.2, 0.25) is 0 Å².